The molecule has 2 aliphatic heterocycles. The summed E-state index contributed by atoms with van der Waals surface area (Å²) in [6, 6.07) is 9.13. The lowest BCUT2D eigenvalue weighted by molar-refractivity contribution is 0.0595. The fourth-order valence-corrected chi connectivity index (χ4v) is 4.40. The van der Waals surface area contributed by atoms with Crippen LogP contribution < -0.4 is 5.32 Å². The third kappa shape index (κ3) is 4.72. The molecule has 0 radical (unpaired) electrons. The van der Waals surface area contributed by atoms with E-state index in [1.165, 1.54) is 6.26 Å². The van der Waals surface area contributed by atoms with Crippen molar-refractivity contribution in [1.29, 1.82) is 0 Å². The number of furan rings is 1. The number of ether oxygens (including phenoxy) is 1. The van der Waals surface area contributed by atoms with Gasteiger partial charge in [-0.3, -0.25) is 9.69 Å². The van der Waals surface area contributed by atoms with Gasteiger partial charge in [-0.15, -0.1) is 0 Å². The van der Waals surface area contributed by atoms with Crippen molar-refractivity contribution in [2.24, 2.45) is 0 Å². The zero-order valence-electron chi connectivity index (χ0n) is 17.8. The number of hydrogen-bond acceptors (Lipinski definition) is 7. The standard InChI is InChI=1S/C23H26ClN5O3/c24-16-5-6-18-19(13-16)26-21(27-22(18)25-14-17-3-1-11-31-17)15-28-7-9-29(10-8-28)23(30)20-4-2-12-32-20/h2,4-6,12-13,17H,1,3,7-11,14-15H2,(H,25,26,27). The number of halogens is 1. The summed E-state index contributed by atoms with van der Waals surface area (Å²) in [6.07, 6.45) is 3.91. The highest BCUT2D eigenvalue weighted by Gasteiger charge is 2.24. The van der Waals surface area contributed by atoms with Crippen LogP contribution >= 0.6 is 11.6 Å². The number of carbonyl (C=O) groups is 1. The Bertz CT molecular complexity index is 1080. The highest BCUT2D eigenvalue weighted by molar-refractivity contribution is 6.31. The molecule has 1 unspecified atom stereocenters. The van der Waals surface area contributed by atoms with Gasteiger partial charge in [-0.2, -0.15) is 0 Å². The van der Waals surface area contributed by atoms with Gasteiger partial charge in [-0.1, -0.05) is 11.6 Å². The maximum absolute atomic E-state index is 12.5. The Hall–Kier alpha value is -2.68. The van der Waals surface area contributed by atoms with Gasteiger partial charge in [0.05, 0.1) is 24.4 Å². The molecule has 2 aliphatic rings. The molecule has 9 heteroatoms. The maximum Gasteiger partial charge on any atom is 0.289 e. The second-order valence-electron chi connectivity index (χ2n) is 8.21. The minimum atomic E-state index is -0.0631. The summed E-state index contributed by atoms with van der Waals surface area (Å²) in [5.41, 5.74) is 0.823. The Morgan fingerprint density at radius 1 is 1.19 bits per heavy atom. The van der Waals surface area contributed by atoms with Crippen molar-refractivity contribution in [3.63, 3.8) is 0 Å². The summed E-state index contributed by atoms with van der Waals surface area (Å²) in [6.45, 7) is 4.95. The summed E-state index contributed by atoms with van der Waals surface area (Å²) in [4.78, 5) is 26.2. The molecular formula is C23H26ClN5O3. The van der Waals surface area contributed by atoms with E-state index in [-0.39, 0.29) is 12.0 Å². The Morgan fingerprint density at radius 3 is 2.81 bits per heavy atom. The molecule has 5 rings (SSSR count). The molecule has 3 aromatic rings. The quantitative estimate of drug-likeness (QED) is 0.609. The SMILES string of the molecule is O=C(c1ccco1)N1CCN(Cc2nc(NCC3CCCO3)c3ccc(Cl)cc3n2)CC1. The molecule has 32 heavy (non-hydrogen) atoms. The Kier molecular flexibility index (Phi) is 6.25. The average molecular weight is 456 g/mol. The highest BCUT2D eigenvalue weighted by Crippen LogP contribution is 2.25. The van der Waals surface area contributed by atoms with E-state index in [1.807, 2.05) is 23.1 Å². The van der Waals surface area contributed by atoms with Crippen LogP contribution in [0.1, 0.15) is 29.2 Å². The molecule has 2 saturated heterocycles. The van der Waals surface area contributed by atoms with E-state index < -0.39 is 0 Å². The fraction of sp³-hybridized carbons (Fsp3) is 0.435. The Morgan fingerprint density at radius 2 is 2.06 bits per heavy atom. The van der Waals surface area contributed by atoms with Crippen LogP contribution in [0.2, 0.25) is 5.02 Å². The lowest BCUT2D eigenvalue weighted by Crippen LogP contribution is -2.48. The van der Waals surface area contributed by atoms with Crippen LogP contribution in [0.4, 0.5) is 5.82 Å². The molecular weight excluding hydrogens is 430 g/mol. The summed E-state index contributed by atoms with van der Waals surface area (Å²) < 4.78 is 11.0. The van der Waals surface area contributed by atoms with Gasteiger partial charge < -0.3 is 19.4 Å². The van der Waals surface area contributed by atoms with Crippen LogP contribution in [-0.2, 0) is 11.3 Å². The number of rotatable bonds is 6. The Balaban J connectivity index is 1.28. The third-order valence-electron chi connectivity index (χ3n) is 5.98. The molecule has 2 fully saturated rings. The van der Waals surface area contributed by atoms with Gasteiger partial charge in [0, 0.05) is 49.7 Å². The van der Waals surface area contributed by atoms with E-state index >= 15 is 0 Å². The molecule has 8 nitrogen and oxygen atoms in total. The van der Waals surface area contributed by atoms with Gasteiger partial charge in [0.1, 0.15) is 11.6 Å². The van der Waals surface area contributed by atoms with Crippen molar-refractivity contribution in [2.45, 2.75) is 25.5 Å². The average Bonchev–Trinajstić information content (AvgIpc) is 3.52. The molecule has 4 heterocycles. The first kappa shape index (κ1) is 21.2. The molecule has 0 saturated carbocycles. The molecule has 1 aromatic carbocycles. The van der Waals surface area contributed by atoms with Gasteiger partial charge in [0.25, 0.3) is 5.91 Å². The van der Waals surface area contributed by atoms with Gasteiger partial charge in [-0.05, 0) is 43.2 Å². The van der Waals surface area contributed by atoms with E-state index in [4.69, 9.17) is 30.7 Å². The molecule has 2 aromatic heterocycles. The van der Waals surface area contributed by atoms with Crippen LogP contribution in [0, 0.1) is 0 Å². The van der Waals surface area contributed by atoms with E-state index in [2.05, 4.69) is 10.2 Å². The van der Waals surface area contributed by atoms with E-state index in [0.29, 0.717) is 30.4 Å². The lowest BCUT2D eigenvalue weighted by Gasteiger charge is -2.33. The van der Waals surface area contributed by atoms with Crippen LogP contribution in [0.5, 0.6) is 0 Å². The molecule has 168 valence electrons. The number of aromatic nitrogens is 2. The number of fused-ring (bicyclic) bond motifs is 1. The first-order chi connectivity index (χ1) is 15.7. The minimum absolute atomic E-state index is 0.0631. The van der Waals surface area contributed by atoms with Gasteiger partial charge in [0.15, 0.2) is 5.76 Å². The van der Waals surface area contributed by atoms with Crippen molar-refractivity contribution in [1.82, 2.24) is 19.8 Å². The number of carbonyl (C=O) groups excluding carboxylic acids is 1. The number of amides is 1. The van der Waals surface area contributed by atoms with Crippen LogP contribution in [0.3, 0.4) is 0 Å². The van der Waals surface area contributed by atoms with Gasteiger partial charge in [-0.25, -0.2) is 9.97 Å². The van der Waals surface area contributed by atoms with Crippen LogP contribution in [0.25, 0.3) is 10.9 Å². The van der Waals surface area contributed by atoms with Crippen molar-refractivity contribution in [3.05, 3.63) is 53.2 Å². The van der Waals surface area contributed by atoms with Crippen LogP contribution in [-0.4, -0.2) is 71.1 Å². The third-order valence-corrected chi connectivity index (χ3v) is 6.22. The number of nitrogens with zero attached hydrogens (tertiary/aromatic N) is 4. The smallest absolute Gasteiger partial charge is 0.289 e. The summed E-state index contributed by atoms with van der Waals surface area (Å²) in [7, 11) is 0. The molecule has 1 N–H and O–H groups in total. The van der Waals surface area contributed by atoms with Crippen molar-refractivity contribution in [2.75, 3.05) is 44.6 Å². The highest BCUT2D eigenvalue weighted by atomic mass is 35.5. The number of anilines is 1. The summed E-state index contributed by atoms with van der Waals surface area (Å²) >= 11 is 6.23. The summed E-state index contributed by atoms with van der Waals surface area (Å²) in [5.74, 6) is 1.87. The number of benzene rings is 1. The molecule has 1 amide bonds. The topological polar surface area (TPSA) is 83.7 Å². The number of nitrogens with one attached hydrogen (secondary N) is 1. The minimum Gasteiger partial charge on any atom is -0.459 e. The number of piperazine rings is 1. The first-order valence-electron chi connectivity index (χ1n) is 11.0. The molecule has 0 aliphatic carbocycles. The Labute approximate surface area is 191 Å². The van der Waals surface area contributed by atoms with E-state index in [0.717, 1.165) is 61.6 Å². The van der Waals surface area contributed by atoms with Gasteiger partial charge >= 0.3 is 0 Å². The van der Waals surface area contributed by atoms with Crippen molar-refractivity contribution in [3.8, 4) is 0 Å². The zero-order chi connectivity index (χ0) is 21.9. The van der Waals surface area contributed by atoms with Gasteiger partial charge in [0.2, 0.25) is 0 Å². The molecule has 0 spiro atoms. The monoisotopic (exact) mass is 455 g/mol. The van der Waals surface area contributed by atoms with Crippen molar-refractivity contribution < 1.29 is 13.9 Å². The molecule has 1 atom stereocenters. The predicted molar refractivity (Wildman–Crippen MR) is 122 cm³/mol. The maximum atomic E-state index is 12.5. The first-order valence-corrected chi connectivity index (χ1v) is 11.4. The second-order valence-corrected chi connectivity index (χ2v) is 8.65. The molecule has 0 bridgehead atoms. The lowest BCUT2D eigenvalue weighted by atomic mass is 10.2. The summed E-state index contributed by atoms with van der Waals surface area (Å²) in [5, 5.41) is 5.06. The predicted octanol–water partition coefficient (Wildman–Crippen LogP) is 3.43. The zero-order valence-corrected chi connectivity index (χ0v) is 18.6. The normalized spacial score (nSPS) is 19.5. The number of hydrogen-bond donors (Lipinski definition) is 1. The largest absolute Gasteiger partial charge is 0.459 e. The van der Waals surface area contributed by atoms with Crippen molar-refractivity contribution >= 4 is 34.2 Å². The van der Waals surface area contributed by atoms with E-state index in [1.54, 1.807) is 12.1 Å². The van der Waals surface area contributed by atoms with Crippen LogP contribution in [0.15, 0.2) is 41.0 Å². The fourth-order valence-electron chi connectivity index (χ4n) is 4.24. The second kappa shape index (κ2) is 9.44. The van der Waals surface area contributed by atoms with E-state index in [9.17, 15) is 4.79 Å².